The lowest BCUT2D eigenvalue weighted by Crippen LogP contribution is -2.33. The van der Waals surface area contributed by atoms with Crippen molar-refractivity contribution in [1.29, 1.82) is 0 Å². The molecule has 26 heavy (non-hydrogen) atoms. The molecule has 1 aliphatic heterocycles. The van der Waals surface area contributed by atoms with Gasteiger partial charge in [-0.25, -0.2) is 9.78 Å². The molecule has 2 N–H and O–H groups in total. The zero-order chi connectivity index (χ0) is 17.5. The van der Waals surface area contributed by atoms with Gasteiger partial charge in [0, 0.05) is 53.1 Å². The van der Waals surface area contributed by atoms with E-state index in [9.17, 15) is 4.79 Å². The number of hydrogen-bond acceptors (Lipinski definition) is 2. The van der Waals surface area contributed by atoms with Crippen molar-refractivity contribution in [1.82, 2.24) is 14.5 Å². The number of fused-ring (bicyclic) bond motifs is 2. The number of urea groups is 1. The van der Waals surface area contributed by atoms with E-state index in [-0.39, 0.29) is 6.03 Å². The van der Waals surface area contributed by atoms with Crippen LogP contribution in [0.15, 0.2) is 67.4 Å². The van der Waals surface area contributed by atoms with Crippen LogP contribution >= 0.6 is 0 Å². The molecule has 6 nitrogen and oxygen atoms in total. The third-order valence-electron chi connectivity index (χ3n) is 4.79. The molecule has 0 atom stereocenters. The Labute approximate surface area is 150 Å². The van der Waals surface area contributed by atoms with Gasteiger partial charge in [-0.1, -0.05) is 6.07 Å². The lowest BCUT2D eigenvalue weighted by Gasteiger charge is -2.18. The molecule has 1 aliphatic rings. The number of aromatic amines is 1. The van der Waals surface area contributed by atoms with Crippen LogP contribution in [0.4, 0.5) is 16.2 Å². The zero-order valence-corrected chi connectivity index (χ0v) is 14.0. The Morgan fingerprint density at radius 1 is 1.19 bits per heavy atom. The zero-order valence-electron chi connectivity index (χ0n) is 14.0. The van der Waals surface area contributed by atoms with Gasteiger partial charge < -0.3 is 14.9 Å². The van der Waals surface area contributed by atoms with Gasteiger partial charge >= 0.3 is 6.03 Å². The van der Waals surface area contributed by atoms with Crippen LogP contribution in [0.5, 0.6) is 0 Å². The van der Waals surface area contributed by atoms with Gasteiger partial charge in [0.1, 0.15) is 0 Å². The minimum absolute atomic E-state index is 0.110. The van der Waals surface area contributed by atoms with Crippen molar-refractivity contribution in [3.05, 3.63) is 72.9 Å². The SMILES string of the molecule is O=C(Nc1cccc(-n2ccnc2)c1)N1CCc2cc3[nH]ccc3cc21. The molecule has 2 aromatic heterocycles. The maximum atomic E-state index is 12.8. The van der Waals surface area contributed by atoms with E-state index in [1.165, 1.54) is 5.56 Å². The Kier molecular flexibility index (Phi) is 3.28. The maximum Gasteiger partial charge on any atom is 0.326 e. The summed E-state index contributed by atoms with van der Waals surface area (Å²) in [5, 5.41) is 4.13. The Hall–Kier alpha value is -3.54. The number of H-pyrrole nitrogens is 1. The Bertz CT molecular complexity index is 1100. The van der Waals surface area contributed by atoms with Crippen molar-refractivity contribution < 1.29 is 4.79 Å². The van der Waals surface area contributed by atoms with Gasteiger partial charge in [0.15, 0.2) is 0 Å². The predicted octanol–water partition coefficient (Wildman–Crippen LogP) is 3.95. The van der Waals surface area contributed by atoms with Crippen molar-refractivity contribution in [2.45, 2.75) is 6.42 Å². The Morgan fingerprint density at radius 3 is 3.04 bits per heavy atom. The third-order valence-corrected chi connectivity index (χ3v) is 4.79. The first-order chi connectivity index (χ1) is 12.8. The molecular formula is C20H17N5O. The van der Waals surface area contributed by atoms with Crippen molar-refractivity contribution in [2.75, 3.05) is 16.8 Å². The second kappa shape index (κ2) is 5.77. The number of amides is 2. The van der Waals surface area contributed by atoms with Crippen molar-refractivity contribution in [3.8, 4) is 5.69 Å². The molecule has 128 valence electrons. The molecule has 0 fully saturated rings. The largest absolute Gasteiger partial charge is 0.361 e. The molecule has 3 heterocycles. The molecule has 0 bridgehead atoms. The average molecular weight is 343 g/mol. The van der Waals surface area contributed by atoms with E-state index in [0.717, 1.165) is 34.4 Å². The van der Waals surface area contributed by atoms with E-state index in [1.807, 2.05) is 52.2 Å². The summed E-state index contributed by atoms with van der Waals surface area (Å²) in [4.78, 5) is 21.9. The minimum Gasteiger partial charge on any atom is -0.361 e. The van der Waals surface area contributed by atoms with E-state index in [0.29, 0.717) is 6.54 Å². The molecule has 0 spiro atoms. The number of anilines is 2. The second-order valence-electron chi connectivity index (χ2n) is 6.40. The van der Waals surface area contributed by atoms with Gasteiger partial charge in [0.25, 0.3) is 0 Å². The van der Waals surface area contributed by atoms with Crippen LogP contribution in [0.1, 0.15) is 5.56 Å². The van der Waals surface area contributed by atoms with Gasteiger partial charge in [-0.15, -0.1) is 0 Å². The van der Waals surface area contributed by atoms with E-state index in [1.54, 1.807) is 12.5 Å². The van der Waals surface area contributed by atoms with Crippen molar-refractivity contribution in [3.63, 3.8) is 0 Å². The smallest absolute Gasteiger partial charge is 0.326 e. The summed E-state index contributed by atoms with van der Waals surface area (Å²) in [7, 11) is 0. The highest BCUT2D eigenvalue weighted by atomic mass is 16.2. The summed E-state index contributed by atoms with van der Waals surface area (Å²) in [5.41, 5.74) is 5.01. The fraction of sp³-hybridized carbons (Fsp3) is 0.100. The van der Waals surface area contributed by atoms with Crippen LogP contribution in [0.2, 0.25) is 0 Å². The number of nitrogens with one attached hydrogen (secondary N) is 2. The van der Waals surface area contributed by atoms with Gasteiger partial charge in [-0.3, -0.25) is 4.90 Å². The number of carbonyl (C=O) groups is 1. The molecule has 5 rings (SSSR count). The van der Waals surface area contributed by atoms with Crippen LogP contribution in [0.3, 0.4) is 0 Å². The van der Waals surface area contributed by atoms with Gasteiger partial charge in [0.05, 0.1) is 6.33 Å². The molecule has 0 saturated carbocycles. The highest BCUT2D eigenvalue weighted by molar-refractivity contribution is 6.04. The van der Waals surface area contributed by atoms with Gasteiger partial charge in [-0.2, -0.15) is 0 Å². The highest BCUT2D eigenvalue weighted by Gasteiger charge is 2.25. The van der Waals surface area contributed by atoms with Gasteiger partial charge in [-0.05, 0) is 48.4 Å². The van der Waals surface area contributed by atoms with E-state index < -0.39 is 0 Å². The van der Waals surface area contributed by atoms with Crippen LogP contribution in [0, 0.1) is 0 Å². The van der Waals surface area contributed by atoms with E-state index in [4.69, 9.17) is 0 Å². The number of rotatable bonds is 2. The molecular weight excluding hydrogens is 326 g/mol. The van der Waals surface area contributed by atoms with Crippen molar-refractivity contribution >= 4 is 28.3 Å². The monoisotopic (exact) mass is 343 g/mol. The maximum absolute atomic E-state index is 12.8. The topological polar surface area (TPSA) is 66.0 Å². The second-order valence-corrected chi connectivity index (χ2v) is 6.40. The molecule has 6 heteroatoms. The molecule has 0 radical (unpaired) electrons. The first-order valence-electron chi connectivity index (χ1n) is 8.55. The fourth-order valence-corrected chi connectivity index (χ4v) is 3.50. The number of benzene rings is 2. The Morgan fingerprint density at radius 2 is 2.15 bits per heavy atom. The Balaban J connectivity index is 1.41. The number of carbonyl (C=O) groups excluding carboxylic acids is 1. The average Bonchev–Trinajstić information content (AvgIpc) is 3.39. The summed E-state index contributed by atoms with van der Waals surface area (Å²) in [6.07, 6.45) is 8.13. The normalized spacial score (nSPS) is 13.2. The number of nitrogens with zero attached hydrogens (tertiary/aromatic N) is 3. The summed E-state index contributed by atoms with van der Waals surface area (Å²) in [6, 6.07) is 13.9. The van der Waals surface area contributed by atoms with Crippen LogP contribution in [-0.4, -0.2) is 27.1 Å². The summed E-state index contributed by atoms with van der Waals surface area (Å²) in [5.74, 6) is 0. The summed E-state index contributed by atoms with van der Waals surface area (Å²) < 4.78 is 1.91. The molecule has 2 amide bonds. The first kappa shape index (κ1) is 14.8. The number of hydrogen-bond donors (Lipinski definition) is 2. The quantitative estimate of drug-likeness (QED) is 0.579. The standard InChI is InChI=1S/C20H17N5O/c26-20(23-16-2-1-3-17(12-16)24-9-7-21-13-24)25-8-5-15-10-18-14(4-6-22-18)11-19(15)25/h1-4,6-7,9-13,22H,5,8H2,(H,23,26). The lowest BCUT2D eigenvalue weighted by atomic mass is 10.1. The van der Waals surface area contributed by atoms with Crippen molar-refractivity contribution in [2.24, 2.45) is 0 Å². The van der Waals surface area contributed by atoms with E-state index >= 15 is 0 Å². The third kappa shape index (κ3) is 2.43. The molecule has 4 aromatic rings. The predicted molar refractivity (Wildman–Crippen MR) is 102 cm³/mol. The van der Waals surface area contributed by atoms with Crippen LogP contribution in [-0.2, 0) is 6.42 Å². The lowest BCUT2D eigenvalue weighted by molar-refractivity contribution is 0.257. The molecule has 0 unspecified atom stereocenters. The van der Waals surface area contributed by atoms with Gasteiger partial charge in [0.2, 0.25) is 0 Å². The van der Waals surface area contributed by atoms with Crippen LogP contribution < -0.4 is 10.2 Å². The molecule has 0 aliphatic carbocycles. The minimum atomic E-state index is -0.110. The van der Waals surface area contributed by atoms with Crippen LogP contribution in [0.25, 0.3) is 16.6 Å². The molecule has 0 saturated heterocycles. The van der Waals surface area contributed by atoms with E-state index in [2.05, 4.69) is 27.4 Å². The fourth-order valence-electron chi connectivity index (χ4n) is 3.50. The number of imidazole rings is 1. The molecule has 2 aromatic carbocycles. The summed E-state index contributed by atoms with van der Waals surface area (Å²) >= 11 is 0. The number of aromatic nitrogens is 3. The first-order valence-corrected chi connectivity index (χ1v) is 8.55. The highest BCUT2D eigenvalue weighted by Crippen LogP contribution is 2.32. The summed E-state index contributed by atoms with van der Waals surface area (Å²) in [6.45, 7) is 0.689.